The van der Waals surface area contributed by atoms with Gasteiger partial charge in [-0.2, -0.15) is 5.26 Å². The lowest BCUT2D eigenvalue weighted by Gasteiger charge is -2.11. The highest BCUT2D eigenvalue weighted by atomic mass is 16.5. The van der Waals surface area contributed by atoms with Crippen molar-refractivity contribution in [3.05, 3.63) is 77.9 Å². The van der Waals surface area contributed by atoms with E-state index in [-0.39, 0.29) is 12.2 Å². The Morgan fingerprint density at radius 3 is 2.23 bits per heavy atom. The lowest BCUT2D eigenvalue weighted by molar-refractivity contribution is -0.115. The molecular formula is C24H20N2O4. The fourth-order valence-corrected chi connectivity index (χ4v) is 2.95. The van der Waals surface area contributed by atoms with Crippen molar-refractivity contribution in [2.24, 2.45) is 0 Å². The molecule has 1 N–H and O–H groups in total. The number of nitrogens with zero attached hydrogens (tertiary/aromatic N) is 1. The number of hydrogen-bond acceptors (Lipinski definition) is 5. The second-order valence-electron chi connectivity index (χ2n) is 6.48. The highest BCUT2D eigenvalue weighted by Crippen LogP contribution is 2.33. The quantitative estimate of drug-likeness (QED) is 0.467. The van der Waals surface area contributed by atoms with Crippen LogP contribution in [0, 0.1) is 11.3 Å². The topological polar surface area (TPSA) is 88.4 Å². The third-order valence-corrected chi connectivity index (χ3v) is 4.55. The van der Waals surface area contributed by atoms with Crippen LogP contribution in [0.25, 0.3) is 11.1 Å². The first-order valence-corrected chi connectivity index (χ1v) is 9.19. The summed E-state index contributed by atoms with van der Waals surface area (Å²) in [5.41, 5.74) is 3.23. The van der Waals surface area contributed by atoms with Crippen LogP contribution in [0.5, 0.6) is 11.5 Å². The number of ketones is 1. The molecule has 3 aromatic carbocycles. The predicted octanol–water partition coefficient (Wildman–Crippen LogP) is 4.45. The molecule has 6 heteroatoms. The number of carbonyl (C=O) groups excluding carboxylic acids is 2. The van der Waals surface area contributed by atoms with Crippen LogP contribution in [-0.4, -0.2) is 25.9 Å². The van der Waals surface area contributed by atoms with Gasteiger partial charge in [-0.1, -0.05) is 24.3 Å². The third-order valence-electron chi connectivity index (χ3n) is 4.55. The number of methoxy groups -OCH3 is 2. The summed E-state index contributed by atoms with van der Waals surface area (Å²) in [5.74, 6) is 0.658. The van der Waals surface area contributed by atoms with Crippen LogP contribution < -0.4 is 14.8 Å². The molecule has 3 aromatic rings. The van der Waals surface area contributed by atoms with Crippen molar-refractivity contribution < 1.29 is 19.1 Å². The molecule has 0 aromatic heterocycles. The van der Waals surface area contributed by atoms with Crippen molar-refractivity contribution in [1.29, 1.82) is 5.26 Å². The highest BCUT2D eigenvalue weighted by Gasteiger charge is 2.13. The molecular weight excluding hydrogens is 380 g/mol. The molecule has 0 unspecified atom stereocenters. The van der Waals surface area contributed by atoms with Crippen LogP contribution in [0.1, 0.15) is 22.3 Å². The molecule has 150 valence electrons. The smallest absolute Gasteiger partial charge is 0.232 e. The number of nitriles is 1. The third kappa shape index (κ3) is 4.83. The maximum absolute atomic E-state index is 12.5. The number of nitrogens with one attached hydrogen (secondary N) is 1. The van der Waals surface area contributed by atoms with Crippen LogP contribution in [0.15, 0.2) is 66.7 Å². The summed E-state index contributed by atoms with van der Waals surface area (Å²) in [6, 6.07) is 21.0. The maximum Gasteiger partial charge on any atom is 0.232 e. The lowest BCUT2D eigenvalue weighted by Crippen LogP contribution is -2.16. The average Bonchev–Trinajstić information content (AvgIpc) is 2.79. The standard InChI is InChI=1S/C24H20N2O4/c1-29-20-11-12-21(23(13-20)30-2)17-5-7-18(8-6-17)22(27)14-24(28)26-19-9-3-16(15-25)4-10-19/h3-13H,14H2,1-2H3,(H,26,28). The van der Waals surface area contributed by atoms with Crippen molar-refractivity contribution in [3.8, 4) is 28.7 Å². The van der Waals surface area contributed by atoms with E-state index in [1.807, 2.05) is 30.3 Å². The predicted molar refractivity (Wildman–Crippen MR) is 114 cm³/mol. The molecule has 6 nitrogen and oxygen atoms in total. The molecule has 0 fully saturated rings. The number of amides is 1. The Morgan fingerprint density at radius 1 is 0.933 bits per heavy atom. The molecule has 0 spiro atoms. The summed E-state index contributed by atoms with van der Waals surface area (Å²) in [6.07, 6.45) is -0.273. The Bertz CT molecular complexity index is 1100. The second-order valence-corrected chi connectivity index (χ2v) is 6.48. The Balaban J connectivity index is 1.67. The van der Waals surface area contributed by atoms with Crippen molar-refractivity contribution in [3.63, 3.8) is 0 Å². The van der Waals surface area contributed by atoms with Crippen molar-refractivity contribution in [2.45, 2.75) is 6.42 Å². The number of Topliss-reactive ketones (excluding diaryl/α,β-unsaturated/α-hetero) is 1. The Kier molecular flexibility index (Phi) is 6.46. The zero-order valence-electron chi connectivity index (χ0n) is 16.6. The first kappa shape index (κ1) is 20.6. The van der Waals surface area contributed by atoms with E-state index in [9.17, 15) is 9.59 Å². The van der Waals surface area contributed by atoms with Gasteiger partial charge in [0.25, 0.3) is 0 Å². The van der Waals surface area contributed by atoms with E-state index in [1.165, 1.54) is 0 Å². The summed E-state index contributed by atoms with van der Waals surface area (Å²) in [7, 11) is 3.18. The van der Waals surface area contributed by atoms with E-state index in [0.29, 0.717) is 28.3 Å². The zero-order valence-corrected chi connectivity index (χ0v) is 16.6. The SMILES string of the molecule is COc1ccc(-c2ccc(C(=O)CC(=O)Nc3ccc(C#N)cc3)cc2)c(OC)c1. The molecule has 0 atom stereocenters. The molecule has 1 amide bonds. The minimum absolute atomic E-state index is 0.273. The van der Waals surface area contributed by atoms with E-state index in [0.717, 1.165) is 11.1 Å². The van der Waals surface area contributed by atoms with Crippen LogP contribution in [0.2, 0.25) is 0 Å². The molecule has 0 radical (unpaired) electrons. The van der Waals surface area contributed by atoms with Gasteiger partial charge >= 0.3 is 0 Å². The number of carbonyl (C=O) groups is 2. The minimum atomic E-state index is -0.411. The zero-order chi connectivity index (χ0) is 21.5. The first-order chi connectivity index (χ1) is 14.5. The Labute approximate surface area is 174 Å². The number of anilines is 1. The molecule has 0 saturated heterocycles. The van der Waals surface area contributed by atoms with Gasteiger partial charge in [-0.25, -0.2) is 0 Å². The Morgan fingerprint density at radius 2 is 1.63 bits per heavy atom. The molecule has 0 bridgehead atoms. The minimum Gasteiger partial charge on any atom is -0.497 e. The van der Waals surface area contributed by atoms with Gasteiger partial charge in [0.1, 0.15) is 11.5 Å². The van der Waals surface area contributed by atoms with Crippen LogP contribution >= 0.6 is 0 Å². The van der Waals surface area contributed by atoms with E-state index in [2.05, 4.69) is 5.32 Å². The summed E-state index contributed by atoms with van der Waals surface area (Å²) in [6.45, 7) is 0. The fraction of sp³-hybridized carbons (Fsp3) is 0.125. The van der Waals surface area contributed by atoms with Crippen molar-refractivity contribution in [2.75, 3.05) is 19.5 Å². The van der Waals surface area contributed by atoms with E-state index >= 15 is 0 Å². The lowest BCUT2D eigenvalue weighted by atomic mass is 10.0. The number of hydrogen-bond donors (Lipinski definition) is 1. The van der Waals surface area contributed by atoms with Crippen LogP contribution in [0.3, 0.4) is 0 Å². The highest BCUT2D eigenvalue weighted by molar-refractivity contribution is 6.11. The number of rotatable bonds is 7. The molecule has 0 aliphatic carbocycles. The monoisotopic (exact) mass is 400 g/mol. The second kappa shape index (κ2) is 9.39. The molecule has 0 saturated carbocycles. The van der Waals surface area contributed by atoms with Gasteiger partial charge in [0.2, 0.25) is 5.91 Å². The molecule has 0 heterocycles. The summed E-state index contributed by atoms with van der Waals surface area (Å²) in [4.78, 5) is 24.6. The maximum atomic E-state index is 12.5. The van der Waals surface area contributed by atoms with Crippen molar-refractivity contribution >= 4 is 17.4 Å². The summed E-state index contributed by atoms with van der Waals surface area (Å²) in [5, 5.41) is 11.5. The van der Waals surface area contributed by atoms with Gasteiger partial charge in [0, 0.05) is 22.9 Å². The average molecular weight is 400 g/mol. The largest absolute Gasteiger partial charge is 0.497 e. The summed E-state index contributed by atoms with van der Waals surface area (Å²) >= 11 is 0. The molecule has 0 aliphatic heterocycles. The van der Waals surface area contributed by atoms with Gasteiger partial charge in [-0.3, -0.25) is 9.59 Å². The molecule has 0 aliphatic rings. The Hall–Kier alpha value is -4.11. The summed E-state index contributed by atoms with van der Waals surface area (Å²) < 4.78 is 10.6. The van der Waals surface area contributed by atoms with Gasteiger partial charge in [0.15, 0.2) is 5.78 Å². The van der Waals surface area contributed by atoms with Gasteiger partial charge in [-0.15, -0.1) is 0 Å². The fourth-order valence-electron chi connectivity index (χ4n) is 2.95. The molecule has 30 heavy (non-hydrogen) atoms. The molecule has 3 rings (SSSR count). The van der Waals surface area contributed by atoms with E-state index in [1.54, 1.807) is 56.7 Å². The number of benzene rings is 3. The van der Waals surface area contributed by atoms with E-state index < -0.39 is 5.91 Å². The van der Waals surface area contributed by atoms with Crippen LogP contribution in [0.4, 0.5) is 5.69 Å². The number of ether oxygens (including phenoxy) is 2. The van der Waals surface area contributed by atoms with E-state index in [4.69, 9.17) is 14.7 Å². The van der Waals surface area contributed by atoms with Gasteiger partial charge in [0.05, 0.1) is 32.3 Å². The first-order valence-electron chi connectivity index (χ1n) is 9.19. The van der Waals surface area contributed by atoms with Crippen LogP contribution in [-0.2, 0) is 4.79 Å². The normalized spacial score (nSPS) is 10.0. The van der Waals surface area contributed by atoms with Gasteiger partial charge < -0.3 is 14.8 Å². The van der Waals surface area contributed by atoms with Gasteiger partial charge in [-0.05, 0) is 42.0 Å². The van der Waals surface area contributed by atoms with Crippen molar-refractivity contribution in [1.82, 2.24) is 0 Å².